The number of nitrogens with one attached hydrogen (secondary N) is 3. The number of benzene rings is 1. The minimum absolute atomic E-state index is 0.0349. The summed E-state index contributed by atoms with van der Waals surface area (Å²) in [6, 6.07) is 12.0. The van der Waals surface area contributed by atoms with Crippen molar-refractivity contribution in [3.63, 3.8) is 0 Å². The zero-order chi connectivity index (χ0) is 21.1. The Labute approximate surface area is 170 Å². The van der Waals surface area contributed by atoms with Gasteiger partial charge in [-0.15, -0.1) is 0 Å². The Hall–Kier alpha value is -3.36. The van der Waals surface area contributed by atoms with Crippen molar-refractivity contribution in [1.29, 1.82) is 0 Å². The van der Waals surface area contributed by atoms with Gasteiger partial charge < -0.3 is 10.6 Å². The predicted molar refractivity (Wildman–Crippen MR) is 105 cm³/mol. The fourth-order valence-electron chi connectivity index (χ4n) is 3.68. The molecular formula is C21H20F3N5O. The molecule has 4 rings (SSSR count). The molecule has 1 fully saturated rings. The number of H-pyrrole nitrogens is 1. The molecule has 0 bridgehead atoms. The topological polar surface area (TPSA) is 82.7 Å². The number of carbonyl (C=O) groups excluding carboxylic acids is 1. The molecule has 3 N–H and O–H groups in total. The van der Waals surface area contributed by atoms with E-state index in [2.05, 4.69) is 25.8 Å². The number of alkyl halides is 3. The van der Waals surface area contributed by atoms with E-state index in [9.17, 15) is 18.0 Å². The van der Waals surface area contributed by atoms with Gasteiger partial charge in [-0.1, -0.05) is 12.1 Å². The molecule has 0 saturated heterocycles. The number of aromatic amines is 1. The SMILES string of the molecule is O=C(NC1CCC(c2cc(Nc3cccc(C(F)(F)F)c3)n[nH]2)C1)c1ccccn1. The van der Waals surface area contributed by atoms with Crippen LogP contribution in [-0.2, 0) is 6.18 Å². The molecule has 2 atom stereocenters. The number of hydrogen-bond acceptors (Lipinski definition) is 4. The summed E-state index contributed by atoms with van der Waals surface area (Å²) in [6.45, 7) is 0. The third kappa shape index (κ3) is 4.61. The van der Waals surface area contributed by atoms with Gasteiger partial charge in [-0.2, -0.15) is 18.3 Å². The van der Waals surface area contributed by atoms with E-state index in [-0.39, 0.29) is 17.9 Å². The highest BCUT2D eigenvalue weighted by molar-refractivity contribution is 5.92. The minimum Gasteiger partial charge on any atom is -0.348 e. The van der Waals surface area contributed by atoms with Crippen LogP contribution < -0.4 is 10.6 Å². The molecule has 9 heteroatoms. The van der Waals surface area contributed by atoms with Crippen LogP contribution in [0.1, 0.15) is 46.9 Å². The Morgan fingerprint density at radius 1 is 1.10 bits per heavy atom. The van der Waals surface area contributed by atoms with Crippen molar-refractivity contribution in [2.24, 2.45) is 0 Å². The first-order valence-electron chi connectivity index (χ1n) is 9.60. The lowest BCUT2D eigenvalue weighted by Crippen LogP contribution is -2.33. The maximum Gasteiger partial charge on any atom is 0.416 e. The first-order chi connectivity index (χ1) is 14.4. The van der Waals surface area contributed by atoms with Crippen molar-refractivity contribution >= 4 is 17.4 Å². The van der Waals surface area contributed by atoms with Crippen molar-refractivity contribution in [3.8, 4) is 0 Å². The summed E-state index contributed by atoms with van der Waals surface area (Å²) in [5.74, 6) is 0.437. The Kier molecular flexibility index (Phi) is 5.43. The van der Waals surface area contributed by atoms with Crippen LogP contribution >= 0.6 is 0 Å². The molecule has 2 heterocycles. The highest BCUT2D eigenvalue weighted by atomic mass is 19.4. The predicted octanol–water partition coefficient (Wildman–Crippen LogP) is 4.63. The van der Waals surface area contributed by atoms with Gasteiger partial charge >= 0.3 is 6.18 Å². The quantitative estimate of drug-likeness (QED) is 0.567. The molecule has 1 amide bonds. The van der Waals surface area contributed by atoms with Crippen LogP contribution in [0.4, 0.5) is 24.7 Å². The maximum atomic E-state index is 12.9. The van der Waals surface area contributed by atoms with Crippen LogP contribution in [0.25, 0.3) is 0 Å². The lowest BCUT2D eigenvalue weighted by Gasteiger charge is -2.12. The lowest BCUT2D eigenvalue weighted by atomic mass is 10.0. The molecule has 1 aliphatic carbocycles. The average molecular weight is 415 g/mol. The van der Waals surface area contributed by atoms with Gasteiger partial charge in [0.25, 0.3) is 5.91 Å². The molecule has 30 heavy (non-hydrogen) atoms. The van der Waals surface area contributed by atoms with Crippen LogP contribution in [-0.4, -0.2) is 27.1 Å². The van der Waals surface area contributed by atoms with Crippen molar-refractivity contribution < 1.29 is 18.0 Å². The molecular weight excluding hydrogens is 395 g/mol. The number of aromatic nitrogens is 3. The summed E-state index contributed by atoms with van der Waals surface area (Å²) in [7, 11) is 0. The van der Waals surface area contributed by atoms with Gasteiger partial charge in [-0.25, -0.2) is 0 Å². The first kappa shape index (κ1) is 19.9. The molecule has 6 nitrogen and oxygen atoms in total. The molecule has 0 radical (unpaired) electrons. The summed E-state index contributed by atoms with van der Waals surface area (Å²) in [5, 5.41) is 13.0. The summed E-state index contributed by atoms with van der Waals surface area (Å²) in [4.78, 5) is 16.3. The number of amides is 1. The fraction of sp³-hybridized carbons (Fsp3) is 0.286. The maximum absolute atomic E-state index is 12.9. The van der Waals surface area contributed by atoms with Gasteiger partial charge in [0.05, 0.1) is 5.56 Å². The first-order valence-corrected chi connectivity index (χ1v) is 9.60. The number of rotatable bonds is 5. The third-order valence-electron chi connectivity index (χ3n) is 5.17. The second kappa shape index (κ2) is 8.17. The van der Waals surface area contributed by atoms with Gasteiger partial charge in [0.2, 0.25) is 0 Å². The Bertz CT molecular complexity index is 1020. The Balaban J connectivity index is 1.36. The summed E-state index contributed by atoms with van der Waals surface area (Å²) in [6.07, 6.45) is -0.357. The standard InChI is InChI=1S/C21H20F3N5O/c22-21(23,24)14-4-3-5-15(11-14)26-19-12-18(28-29-19)13-7-8-16(10-13)27-20(30)17-6-1-2-9-25-17/h1-6,9,11-13,16H,7-8,10H2,(H,27,30)(H2,26,28,29). The molecule has 2 unspecified atom stereocenters. The Morgan fingerprint density at radius 2 is 1.97 bits per heavy atom. The number of anilines is 2. The molecule has 0 aliphatic heterocycles. The van der Waals surface area contributed by atoms with Gasteiger partial charge in [-0.05, 0) is 49.6 Å². The van der Waals surface area contributed by atoms with E-state index < -0.39 is 11.7 Å². The van der Waals surface area contributed by atoms with Crippen molar-refractivity contribution in [1.82, 2.24) is 20.5 Å². The highest BCUT2D eigenvalue weighted by Gasteiger charge is 2.31. The van der Waals surface area contributed by atoms with E-state index in [1.54, 1.807) is 36.5 Å². The van der Waals surface area contributed by atoms with E-state index >= 15 is 0 Å². The van der Waals surface area contributed by atoms with Crippen molar-refractivity contribution in [2.45, 2.75) is 37.4 Å². The van der Waals surface area contributed by atoms with Crippen LogP contribution in [0.5, 0.6) is 0 Å². The monoisotopic (exact) mass is 415 g/mol. The molecule has 1 saturated carbocycles. The van der Waals surface area contributed by atoms with E-state index in [1.165, 1.54) is 6.07 Å². The lowest BCUT2D eigenvalue weighted by molar-refractivity contribution is -0.137. The number of halogens is 3. The zero-order valence-corrected chi connectivity index (χ0v) is 15.9. The molecule has 3 aromatic rings. The molecule has 1 aliphatic rings. The molecule has 0 spiro atoms. The average Bonchev–Trinajstić information content (AvgIpc) is 3.38. The van der Waals surface area contributed by atoms with Crippen molar-refractivity contribution in [2.75, 3.05) is 5.32 Å². The Morgan fingerprint density at radius 3 is 2.73 bits per heavy atom. The fourth-order valence-corrected chi connectivity index (χ4v) is 3.68. The van der Waals surface area contributed by atoms with Gasteiger partial charge in [0.1, 0.15) is 5.69 Å². The largest absolute Gasteiger partial charge is 0.416 e. The minimum atomic E-state index is -4.40. The summed E-state index contributed by atoms with van der Waals surface area (Å²) in [5.41, 5.74) is 0.870. The molecule has 156 valence electrons. The normalized spacial score (nSPS) is 18.9. The van der Waals surface area contributed by atoms with Crippen LogP contribution in [0.2, 0.25) is 0 Å². The van der Waals surface area contributed by atoms with Crippen LogP contribution in [0.3, 0.4) is 0 Å². The molecule has 2 aromatic heterocycles. The number of nitrogens with zero attached hydrogens (tertiary/aromatic N) is 2. The highest BCUT2D eigenvalue weighted by Crippen LogP contribution is 2.35. The van der Waals surface area contributed by atoms with E-state index in [0.29, 0.717) is 17.2 Å². The number of hydrogen-bond donors (Lipinski definition) is 3. The van der Waals surface area contributed by atoms with Gasteiger partial charge in [0, 0.05) is 35.6 Å². The number of carbonyl (C=O) groups is 1. The summed E-state index contributed by atoms with van der Waals surface area (Å²) < 4.78 is 38.6. The number of pyridine rings is 1. The van der Waals surface area contributed by atoms with Crippen molar-refractivity contribution in [3.05, 3.63) is 71.7 Å². The van der Waals surface area contributed by atoms with Gasteiger partial charge in [-0.3, -0.25) is 14.9 Å². The van der Waals surface area contributed by atoms with E-state index in [1.807, 2.05) is 0 Å². The zero-order valence-electron chi connectivity index (χ0n) is 15.9. The smallest absolute Gasteiger partial charge is 0.348 e. The van der Waals surface area contributed by atoms with E-state index in [4.69, 9.17) is 0 Å². The van der Waals surface area contributed by atoms with E-state index in [0.717, 1.165) is 37.1 Å². The second-order valence-electron chi connectivity index (χ2n) is 7.31. The molecule has 1 aromatic carbocycles. The summed E-state index contributed by atoms with van der Waals surface area (Å²) >= 11 is 0. The van der Waals surface area contributed by atoms with Crippen LogP contribution in [0.15, 0.2) is 54.7 Å². The van der Waals surface area contributed by atoms with Crippen LogP contribution in [0, 0.1) is 0 Å². The van der Waals surface area contributed by atoms with Gasteiger partial charge in [0.15, 0.2) is 5.82 Å². The third-order valence-corrected chi connectivity index (χ3v) is 5.17. The second-order valence-corrected chi connectivity index (χ2v) is 7.31.